The molecule has 20 heavy (non-hydrogen) atoms. The summed E-state index contributed by atoms with van der Waals surface area (Å²) in [6, 6.07) is 8.40. The van der Waals surface area contributed by atoms with E-state index in [1.807, 2.05) is 30.3 Å². The Bertz CT molecular complexity index is 460. The van der Waals surface area contributed by atoms with Gasteiger partial charge in [0.25, 0.3) is 0 Å². The third-order valence-electron chi connectivity index (χ3n) is 3.19. The van der Waals surface area contributed by atoms with Crippen molar-refractivity contribution < 1.29 is 19.4 Å². The van der Waals surface area contributed by atoms with Gasteiger partial charge >= 0.3 is 12.1 Å². The number of carbonyl (C=O) groups excluding carboxylic acids is 1. The molecule has 1 aromatic rings. The third kappa shape index (κ3) is 4.16. The Kier molecular flexibility index (Phi) is 5.29. The highest BCUT2D eigenvalue weighted by Gasteiger charge is 2.32. The van der Waals surface area contributed by atoms with Crippen molar-refractivity contribution in [3.63, 3.8) is 0 Å². The molecule has 0 aromatic heterocycles. The summed E-state index contributed by atoms with van der Waals surface area (Å²) in [5, 5.41) is 11.6. The number of rotatable bonds is 5. The molecule has 0 radical (unpaired) electrons. The molecule has 1 heterocycles. The minimum absolute atomic E-state index is 0.0261. The lowest BCUT2D eigenvalue weighted by Crippen LogP contribution is -2.46. The number of alkyl carbamates (subject to hydrolysis) is 1. The number of ether oxygens (including phenoxy) is 1. The molecule has 0 saturated carbocycles. The number of amides is 1. The van der Waals surface area contributed by atoms with Gasteiger partial charge < -0.3 is 15.2 Å². The fourth-order valence-corrected chi connectivity index (χ4v) is 3.39. The Morgan fingerprint density at radius 3 is 2.75 bits per heavy atom. The van der Waals surface area contributed by atoms with Gasteiger partial charge in [-0.15, -0.1) is 0 Å². The number of nitrogens with one attached hydrogen (secondary N) is 1. The van der Waals surface area contributed by atoms with E-state index < -0.39 is 18.1 Å². The number of benzene rings is 1. The van der Waals surface area contributed by atoms with E-state index in [1.165, 1.54) is 0 Å². The van der Waals surface area contributed by atoms with Crippen LogP contribution in [0.3, 0.4) is 0 Å². The minimum Gasteiger partial charge on any atom is -0.480 e. The van der Waals surface area contributed by atoms with Crippen molar-refractivity contribution in [1.82, 2.24) is 5.32 Å². The maximum atomic E-state index is 11.7. The van der Waals surface area contributed by atoms with Crippen LogP contribution in [0.4, 0.5) is 4.79 Å². The first-order chi connectivity index (χ1) is 9.66. The molecule has 5 nitrogen and oxygen atoms in total. The largest absolute Gasteiger partial charge is 0.480 e. The van der Waals surface area contributed by atoms with Crippen molar-refractivity contribution in [2.45, 2.75) is 19.1 Å². The molecule has 1 saturated heterocycles. The zero-order chi connectivity index (χ0) is 14.4. The van der Waals surface area contributed by atoms with Gasteiger partial charge in [0.05, 0.1) is 0 Å². The van der Waals surface area contributed by atoms with E-state index in [0.717, 1.165) is 23.5 Å². The van der Waals surface area contributed by atoms with Crippen molar-refractivity contribution >= 4 is 23.8 Å². The normalized spacial score (nSPS) is 19.3. The number of carbonyl (C=O) groups is 2. The summed E-state index contributed by atoms with van der Waals surface area (Å²) in [5.74, 6) is 0.668. The second kappa shape index (κ2) is 7.19. The summed E-state index contributed by atoms with van der Waals surface area (Å²) in [5.41, 5.74) is 0.867. The molecule has 2 N–H and O–H groups in total. The van der Waals surface area contributed by atoms with Crippen LogP contribution in [-0.2, 0) is 16.1 Å². The molecule has 2 rings (SSSR count). The number of hydrogen-bond donors (Lipinski definition) is 2. The summed E-state index contributed by atoms with van der Waals surface area (Å²) in [7, 11) is 0. The van der Waals surface area contributed by atoms with E-state index in [0.29, 0.717) is 0 Å². The van der Waals surface area contributed by atoms with E-state index in [-0.39, 0.29) is 12.5 Å². The molecular weight excluding hydrogens is 278 g/mol. The predicted molar refractivity (Wildman–Crippen MR) is 76.6 cm³/mol. The van der Waals surface area contributed by atoms with Crippen LogP contribution in [0.1, 0.15) is 12.0 Å². The monoisotopic (exact) mass is 295 g/mol. The van der Waals surface area contributed by atoms with E-state index in [4.69, 9.17) is 4.74 Å². The van der Waals surface area contributed by atoms with Gasteiger partial charge in [0, 0.05) is 0 Å². The second-order valence-corrected chi connectivity index (χ2v) is 5.80. The maximum Gasteiger partial charge on any atom is 0.408 e. The van der Waals surface area contributed by atoms with Crippen LogP contribution < -0.4 is 5.32 Å². The van der Waals surface area contributed by atoms with Gasteiger partial charge in [-0.2, -0.15) is 11.8 Å². The van der Waals surface area contributed by atoms with Crippen molar-refractivity contribution in [3.8, 4) is 0 Å². The van der Waals surface area contributed by atoms with Crippen LogP contribution in [0.25, 0.3) is 0 Å². The standard InChI is InChI=1S/C14H17NO4S/c16-13(17)12(11-6-7-20-9-11)15-14(18)19-8-10-4-2-1-3-5-10/h1-5,11-12H,6-9H2,(H,15,18)(H,16,17). The molecule has 0 spiro atoms. The molecule has 108 valence electrons. The number of thioether (sulfide) groups is 1. The third-order valence-corrected chi connectivity index (χ3v) is 4.38. The first-order valence-corrected chi connectivity index (χ1v) is 7.60. The fourth-order valence-electron chi connectivity index (χ4n) is 2.09. The Morgan fingerprint density at radius 2 is 2.15 bits per heavy atom. The molecule has 6 heteroatoms. The zero-order valence-electron chi connectivity index (χ0n) is 11.0. The molecule has 1 fully saturated rings. The lowest BCUT2D eigenvalue weighted by Gasteiger charge is -2.19. The minimum atomic E-state index is -1.01. The molecule has 1 amide bonds. The highest BCUT2D eigenvalue weighted by molar-refractivity contribution is 7.99. The molecule has 2 atom stereocenters. The molecule has 0 aliphatic carbocycles. The number of carboxylic acid groups (broad SMARTS) is 1. The van der Waals surface area contributed by atoms with E-state index in [9.17, 15) is 14.7 Å². The van der Waals surface area contributed by atoms with Gasteiger partial charge in [-0.3, -0.25) is 0 Å². The molecule has 0 bridgehead atoms. The maximum absolute atomic E-state index is 11.7. The van der Waals surface area contributed by atoms with E-state index in [2.05, 4.69) is 5.32 Å². The number of aliphatic carboxylic acids is 1. The van der Waals surface area contributed by atoms with Crippen molar-refractivity contribution in [2.24, 2.45) is 5.92 Å². The summed E-state index contributed by atoms with van der Waals surface area (Å²) in [4.78, 5) is 22.9. The van der Waals surface area contributed by atoms with Crippen LogP contribution in [-0.4, -0.2) is 34.7 Å². The zero-order valence-corrected chi connectivity index (χ0v) is 11.8. The molecule has 1 aliphatic rings. The van der Waals surface area contributed by atoms with Gasteiger partial charge in [-0.25, -0.2) is 9.59 Å². The van der Waals surface area contributed by atoms with E-state index >= 15 is 0 Å². The topological polar surface area (TPSA) is 75.6 Å². The lowest BCUT2D eigenvalue weighted by atomic mass is 10.00. The Balaban J connectivity index is 1.84. The summed E-state index contributed by atoms with van der Waals surface area (Å²) < 4.78 is 5.05. The van der Waals surface area contributed by atoms with Crippen molar-refractivity contribution in [2.75, 3.05) is 11.5 Å². The Labute approximate surface area is 121 Å². The van der Waals surface area contributed by atoms with Gasteiger partial charge in [-0.1, -0.05) is 30.3 Å². The van der Waals surface area contributed by atoms with Crippen LogP contribution in [0.5, 0.6) is 0 Å². The average molecular weight is 295 g/mol. The quantitative estimate of drug-likeness (QED) is 0.870. The predicted octanol–water partition coefficient (Wildman–Crippen LogP) is 2.12. The van der Waals surface area contributed by atoms with Crippen molar-refractivity contribution in [3.05, 3.63) is 35.9 Å². The van der Waals surface area contributed by atoms with Crippen molar-refractivity contribution in [1.29, 1.82) is 0 Å². The van der Waals surface area contributed by atoms with Gasteiger partial charge in [-0.05, 0) is 29.4 Å². The SMILES string of the molecule is O=C(NC(C(=O)O)C1CCSC1)OCc1ccccc1. The highest BCUT2D eigenvalue weighted by atomic mass is 32.2. The smallest absolute Gasteiger partial charge is 0.408 e. The number of carboxylic acids is 1. The molecule has 1 aromatic carbocycles. The average Bonchev–Trinajstić information content (AvgIpc) is 2.97. The summed E-state index contributed by atoms with van der Waals surface area (Å²) in [6.07, 6.45) is 0.124. The lowest BCUT2D eigenvalue weighted by molar-refractivity contribution is -0.140. The molecule has 2 unspecified atom stereocenters. The van der Waals surface area contributed by atoms with Gasteiger partial charge in [0.15, 0.2) is 0 Å². The summed E-state index contributed by atoms with van der Waals surface area (Å²) in [6.45, 7) is 0.137. The van der Waals surface area contributed by atoms with Gasteiger partial charge in [0.1, 0.15) is 12.6 Å². The molecule has 1 aliphatic heterocycles. The highest BCUT2D eigenvalue weighted by Crippen LogP contribution is 2.26. The first kappa shape index (κ1) is 14.7. The summed E-state index contributed by atoms with van der Waals surface area (Å²) >= 11 is 1.71. The van der Waals surface area contributed by atoms with Gasteiger partial charge in [0.2, 0.25) is 0 Å². The first-order valence-electron chi connectivity index (χ1n) is 6.44. The number of hydrogen-bond acceptors (Lipinski definition) is 4. The van der Waals surface area contributed by atoms with Crippen LogP contribution >= 0.6 is 11.8 Å². The van der Waals surface area contributed by atoms with Crippen LogP contribution in [0, 0.1) is 5.92 Å². The van der Waals surface area contributed by atoms with Crippen LogP contribution in [0.15, 0.2) is 30.3 Å². The van der Waals surface area contributed by atoms with E-state index in [1.54, 1.807) is 11.8 Å². The Hall–Kier alpha value is -1.69. The fraction of sp³-hybridized carbons (Fsp3) is 0.429. The Morgan fingerprint density at radius 1 is 1.40 bits per heavy atom. The second-order valence-electron chi connectivity index (χ2n) is 4.65. The molecular formula is C14H17NO4S. The van der Waals surface area contributed by atoms with Crippen LogP contribution in [0.2, 0.25) is 0 Å².